The summed E-state index contributed by atoms with van der Waals surface area (Å²) < 4.78 is 5.60. The Bertz CT molecular complexity index is 375. The van der Waals surface area contributed by atoms with Gasteiger partial charge in [0, 0.05) is 0 Å². The van der Waals surface area contributed by atoms with Crippen molar-refractivity contribution in [3.63, 3.8) is 0 Å². The summed E-state index contributed by atoms with van der Waals surface area (Å²) in [6.07, 6.45) is 4.93. The highest BCUT2D eigenvalue weighted by Gasteiger charge is 2.24. The van der Waals surface area contributed by atoms with Gasteiger partial charge in [-0.2, -0.15) is 0 Å². The number of esters is 1. The number of benzene rings is 1. The molecular formula is C17H26O3. The van der Waals surface area contributed by atoms with Crippen LogP contribution < -0.4 is 0 Å². The van der Waals surface area contributed by atoms with Crippen molar-refractivity contribution in [1.29, 1.82) is 0 Å². The number of rotatable bonds is 9. The summed E-state index contributed by atoms with van der Waals surface area (Å²) in [5.74, 6) is -0.884. The minimum Gasteiger partial charge on any atom is -0.462 e. The largest absolute Gasteiger partial charge is 0.462 e. The first-order valence-corrected chi connectivity index (χ1v) is 7.59. The molecule has 20 heavy (non-hydrogen) atoms. The predicted octanol–water partition coefficient (Wildman–Crippen LogP) is 3.66. The molecule has 3 nitrogen and oxygen atoms in total. The number of hydrogen-bond acceptors (Lipinski definition) is 3. The summed E-state index contributed by atoms with van der Waals surface area (Å²) in [5, 5.41) is 9.47. The third-order valence-corrected chi connectivity index (χ3v) is 3.44. The number of ether oxygens (including phenoxy) is 1. The molecule has 2 unspecified atom stereocenters. The molecule has 2 atom stereocenters. The van der Waals surface area contributed by atoms with Crippen LogP contribution in [0.5, 0.6) is 0 Å². The fraction of sp³-hybridized carbons (Fsp3) is 0.588. The third-order valence-electron chi connectivity index (χ3n) is 3.44. The molecule has 112 valence electrons. The molecule has 0 saturated heterocycles. The topological polar surface area (TPSA) is 46.5 Å². The molecule has 0 aliphatic rings. The molecule has 0 amide bonds. The average Bonchev–Trinajstić information content (AvgIpc) is 2.47. The van der Waals surface area contributed by atoms with Crippen molar-refractivity contribution in [2.75, 3.05) is 6.61 Å². The van der Waals surface area contributed by atoms with Crippen molar-refractivity contribution in [3.05, 3.63) is 35.9 Å². The van der Waals surface area contributed by atoms with Crippen LogP contribution in [0.4, 0.5) is 0 Å². The van der Waals surface area contributed by atoms with Crippen LogP contribution in [0.2, 0.25) is 0 Å². The summed E-state index contributed by atoms with van der Waals surface area (Å²) in [6.45, 7) is 4.01. The molecule has 0 saturated carbocycles. The van der Waals surface area contributed by atoms with Gasteiger partial charge in [-0.1, -0.05) is 63.4 Å². The van der Waals surface area contributed by atoms with Crippen molar-refractivity contribution in [2.24, 2.45) is 0 Å². The Morgan fingerprint density at radius 2 is 1.85 bits per heavy atom. The van der Waals surface area contributed by atoms with Crippen LogP contribution in [0, 0.1) is 0 Å². The Labute approximate surface area is 122 Å². The molecule has 0 radical (unpaired) electrons. The van der Waals surface area contributed by atoms with Gasteiger partial charge in [-0.25, -0.2) is 0 Å². The third kappa shape index (κ3) is 5.33. The van der Waals surface area contributed by atoms with Gasteiger partial charge in [0.05, 0.1) is 6.61 Å². The van der Waals surface area contributed by atoms with Crippen molar-refractivity contribution in [1.82, 2.24) is 0 Å². The van der Waals surface area contributed by atoms with Crippen molar-refractivity contribution < 1.29 is 14.6 Å². The summed E-state index contributed by atoms with van der Waals surface area (Å²) in [6, 6.07) is 9.33. The van der Waals surface area contributed by atoms with Crippen LogP contribution >= 0.6 is 0 Å². The van der Waals surface area contributed by atoms with Crippen LogP contribution in [0.3, 0.4) is 0 Å². The number of unbranched alkanes of at least 4 members (excludes halogenated alkanes) is 1. The van der Waals surface area contributed by atoms with E-state index in [2.05, 4.69) is 13.8 Å². The highest BCUT2D eigenvalue weighted by molar-refractivity contribution is 5.78. The molecule has 0 aliphatic carbocycles. The lowest BCUT2D eigenvalue weighted by Gasteiger charge is -2.21. The predicted molar refractivity (Wildman–Crippen MR) is 80.6 cm³/mol. The molecule has 3 heteroatoms. The number of hydrogen-bond donors (Lipinski definition) is 1. The lowest BCUT2D eigenvalue weighted by Crippen LogP contribution is -2.25. The van der Waals surface area contributed by atoms with Gasteiger partial charge >= 0.3 is 5.97 Å². The summed E-state index contributed by atoms with van der Waals surface area (Å²) in [4.78, 5) is 12.2. The zero-order chi connectivity index (χ0) is 14.8. The van der Waals surface area contributed by atoms with E-state index < -0.39 is 5.92 Å². The zero-order valence-corrected chi connectivity index (χ0v) is 12.5. The van der Waals surface area contributed by atoms with E-state index in [1.165, 1.54) is 0 Å². The van der Waals surface area contributed by atoms with Gasteiger partial charge in [0.15, 0.2) is 0 Å². The van der Waals surface area contributed by atoms with Gasteiger partial charge in [-0.15, -0.1) is 0 Å². The fourth-order valence-corrected chi connectivity index (χ4v) is 2.26. The molecule has 1 N–H and O–H groups in total. The van der Waals surface area contributed by atoms with Crippen LogP contribution in [-0.4, -0.2) is 23.8 Å². The van der Waals surface area contributed by atoms with Gasteiger partial charge in [-0.05, 0) is 18.4 Å². The molecule has 0 heterocycles. The molecule has 0 aromatic heterocycles. The van der Waals surface area contributed by atoms with Crippen LogP contribution in [-0.2, 0) is 9.53 Å². The van der Waals surface area contributed by atoms with E-state index >= 15 is 0 Å². The Balaban J connectivity index is 2.65. The SMILES string of the molecule is CCCCC(CCC)OC(=O)C(CO)c1ccccc1. The Morgan fingerprint density at radius 1 is 1.15 bits per heavy atom. The minimum absolute atomic E-state index is 0.0230. The van der Waals surface area contributed by atoms with Gasteiger partial charge in [0.1, 0.15) is 12.0 Å². The molecule has 0 spiro atoms. The maximum absolute atomic E-state index is 12.2. The highest BCUT2D eigenvalue weighted by atomic mass is 16.5. The van der Waals surface area contributed by atoms with Gasteiger partial charge in [0.25, 0.3) is 0 Å². The van der Waals surface area contributed by atoms with E-state index in [1.807, 2.05) is 30.3 Å². The fourth-order valence-electron chi connectivity index (χ4n) is 2.26. The lowest BCUT2D eigenvalue weighted by atomic mass is 10.00. The molecular weight excluding hydrogens is 252 g/mol. The normalized spacial score (nSPS) is 13.8. The van der Waals surface area contributed by atoms with Gasteiger partial charge < -0.3 is 9.84 Å². The molecule has 1 aromatic rings. The van der Waals surface area contributed by atoms with Crippen LogP contribution in [0.15, 0.2) is 30.3 Å². The zero-order valence-electron chi connectivity index (χ0n) is 12.5. The van der Waals surface area contributed by atoms with E-state index in [0.717, 1.165) is 37.7 Å². The monoisotopic (exact) mass is 278 g/mol. The molecule has 0 aliphatic heterocycles. The first-order valence-electron chi connectivity index (χ1n) is 7.59. The quantitative estimate of drug-likeness (QED) is 0.701. The van der Waals surface area contributed by atoms with Crippen molar-refractivity contribution in [2.45, 2.75) is 58.0 Å². The van der Waals surface area contributed by atoms with Crippen LogP contribution in [0.25, 0.3) is 0 Å². The highest BCUT2D eigenvalue weighted by Crippen LogP contribution is 2.20. The maximum Gasteiger partial charge on any atom is 0.316 e. The van der Waals surface area contributed by atoms with Crippen molar-refractivity contribution >= 4 is 5.97 Å². The summed E-state index contributed by atoms with van der Waals surface area (Å²) in [7, 11) is 0. The first-order chi connectivity index (χ1) is 9.72. The van der Waals surface area contributed by atoms with E-state index in [9.17, 15) is 9.90 Å². The second-order valence-corrected chi connectivity index (χ2v) is 5.14. The Morgan fingerprint density at radius 3 is 2.40 bits per heavy atom. The summed E-state index contributed by atoms with van der Waals surface area (Å²) in [5.41, 5.74) is 0.811. The Hall–Kier alpha value is -1.35. The molecule has 1 rings (SSSR count). The smallest absolute Gasteiger partial charge is 0.316 e. The van der Waals surface area contributed by atoms with Gasteiger partial charge in [0.2, 0.25) is 0 Å². The maximum atomic E-state index is 12.2. The van der Waals surface area contributed by atoms with E-state index in [0.29, 0.717) is 0 Å². The van der Waals surface area contributed by atoms with E-state index in [1.54, 1.807) is 0 Å². The standard InChI is InChI=1S/C17H26O3/c1-3-5-12-15(9-4-2)20-17(19)16(13-18)14-10-7-6-8-11-14/h6-8,10-11,15-16,18H,3-5,9,12-13H2,1-2H3. The van der Waals surface area contributed by atoms with Gasteiger partial charge in [-0.3, -0.25) is 4.79 Å². The van der Waals surface area contributed by atoms with Crippen molar-refractivity contribution in [3.8, 4) is 0 Å². The number of carbonyl (C=O) groups excluding carboxylic acids is 1. The minimum atomic E-state index is -0.572. The second kappa shape index (κ2) is 9.54. The first kappa shape index (κ1) is 16.7. The number of aliphatic hydroxyl groups is 1. The Kier molecular flexibility index (Phi) is 7.97. The lowest BCUT2D eigenvalue weighted by molar-refractivity contribution is -0.152. The van der Waals surface area contributed by atoms with Crippen LogP contribution in [0.1, 0.15) is 57.4 Å². The van der Waals surface area contributed by atoms with E-state index in [4.69, 9.17) is 4.74 Å². The average molecular weight is 278 g/mol. The molecule has 0 fully saturated rings. The molecule has 1 aromatic carbocycles. The van der Waals surface area contributed by atoms with E-state index in [-0.39, 0.29) is 18.7 Å². The summed E-state index contributed by atoms with van der Waals surface area (Å²) >= 11 is 0. The number of aliphatic hydroxyl groups excluding tert-OH is 1. The molecule has 0 bridgehead atoms. The second-order valence-electron chi connectivity index (χ2n) is 5.14. The number of carbonyl (C=O) groups is 1.